The molecule has 0 aromatic carbocycles. The van der Waals surface area contributed by atoms with Gasteiger partial charge in [0.25, 0.3) is 0 Å². The summed E-state index contributed by atoms with van der Waals surface area (Å²) in [5.74, 6) is -0.660. The normalized spacial score (nSPS) is 23.8. The fraction of sp³-hybridized carbons (Fsp3) is 0.600. The molecule has 1 heterocycles. The Balaban J connectivity index is 2.33. The zero-order valence-corrected chi connectivity index (χ0v) is 12.2. The molecule has 2 N–H and O–H groups in total. The van der Waals surface area contributed by atoms with Crippen LogP contribution in [0.5, 0.6) is 0 Å². The molecule has 0 spiro atoms. The van der Waals surface area contributed by atoms with Crippen molar-refractivity contribution in [1.82, 2.24) is 10.8 Å². The van der Waals surface area contributed by atoms with Gasteiger partial charge in [-0.15, -0.1) is 0 Å². The number of rotatable bonds is 2. The highest BCUT2D eigenvalue weighted by atomic mass is 28.1. The van der Waals surface area contributed by atoms with Crippen LogP contribution in [0.15, 0.2) is 12.2 Å². The summed E-state index contributed by atoms with van der Waals surface area (Å²) in [5, 5.41) is 2.11. The third-order valence-electron chi connectivity index (χ3n) is 2.43. The predicted octanol–water partition coefficient (Wildman–Crippen LogP) is -0.460. The molecule has 0 saturated carbocycles. The van der Waals surface area contributed by atoms with Crippen LogP contribution in [0, 0.1) is 0 Å². The van der Waals surface area contributed by atoms with E-state index < -0.39 is 17.3 Å². The summed E-state index contributed by atoms with van der Waals surface area (Å²) < 4.78 is 5.52. The van der Waals surface area contributed by atoms with Crippen LogP contribution >= 0.6 is 0 Å². The summed E-state index contributed by atoms with van der Waals surface area (Å²) in [6, 6.07) is -0.573. The van der Waals surface area contributed by atoms with E-state index in [-0.39, 0.29) is 5.57 Å². The largest absolute Gasteiger partial charge is 0.360 e. The number of urea groups is 1. The lowest BCUT2D eigenvalue weighted by Gasteiger charge is -2.34. The van der Waals surface area contributed by atoms with Crippen molar-refractivity contribution in [2.75, 3.05) is 6.61 Å². The number of carbonyl (C=O) groups excluding carboxylic acids is 2. The van der Waals surface area contributed by atoms with Crippen LogP contribution in [0.25, 0.3) is 0 Å². The molecule has 1 unspecified atom stereocenters. The fourth-order valence-corrected chi connectivity index (χ4v) is 2.26. The summed E-state index contributed by atoms with van der Waals surface area (Å²) in [6.07, 6.45) is 2.83. The van der Waals surface area contributed by atoms with Gasteiger partial charge in [-0.3, -0.25) is 0 Å². The Morgan fingerprint density at radius 3 is 2.71 bits per heavy atom. The smallest absolute Gasteiger partial charge is 0.358 e. The molecule has 1 saturated heterocycles. The number of carbonyl (C=O) groups is 2. The zero-order chi connectivity index (χ0) is 12.9. The first-order valence-electron chi connectivity index (χ1n) is 5.52. The molecular formula is C10H18N2O4Si. The molecule has 0 radical (unpaired) electrons. The van der Waals surface area contributed by atoms with Gasteiger partial charge in [-0.25, -0.2) is 9.59 Å². The van der Waals surface area contributed by atoms with E-state index in [2.05, 4.69) is 16.7 Å². The van der Waals surface area contributed by atoms with Gasteiger partial charge in [-0.2, -0.15) is 5.48 Å². The third-order valence-corrected chi connectivity index (χ3v) is 3.47. The van der Waals surface area contributed by atoms with Crippen molar-refractivity contribution in [1.29, 1.82) is 0 Å². The molecule has 17 heavy (non-hydrogen) atoms. The van der Waals surface area contributed by atoms with Gasteiger partial charge >= 0.3 is 12.0 Å². The fourth-order valence-electron chi connectivity index (χ4n) is 1.48. The van der Waals surface area contributed by atoms with Crippen LogP contribution in [0.2, 0.25) is 0 Å². The number of hydroxylamine groups is 1. The minimum absolute atomic E-state index is 0.222. The van der Waals surface area contributed by atoms with Crippen LogP contribution in [0.3, 0.4) is 0 Å². The SMILES string of the molecule is C=C(C)C(=O)ONC(=O)NC1([SiH3])CCCCO1. The van der Waals surface area contributed by atoms with Crippen molar-refractivity contribution in [3.05, 3.63) is 12.2 Å². The van der Waals surface area contributed by atoms with E-state index in [9.17, 15) is 9.59 Å². The van der Waals surface area contributed by atoms with E-state index in [1.807, 2.05) is 5.48 Å². The molecule has 1 rings (SSSR count). The van der Waals surface area contributed by atoms with Gasteiger partial charge in [-0.05, 0) is 26.2 Å². The van der Waals surface area contributed by atoms with Crippen LogP contribution < -0.4 is 10.8 Å². The Labute approximate surface area is 103 Å². The third kappa shape index (κ3) is 4.57. The standard InChI is InChI=1S/C10H18N2O4Si/c1-7(2)8(13)16-12-9(14)11-10(17)5-3-4-6-15-10/h1,3-6H2,2,17H3,(H2,11,12,14). The molecule has 0 aromatic heterocycles. The molecule has 0 bridgehead atoms. The first-order chi connectivity index (χ1) is 7.93. The molecule has 1 fully saturated rings. The van der Waals surface area contributed by atoms with Crippen LogP contribution in [0.4, 0.5) is 4.79 Å². The molecule has 7 heteroatoms. The van der Waals surface area contributed by atoms with Crippen molar-refractivity contribution in [3.8, 4) is 0 Å². The molecule has 2 amide bonds. The molecule has 6 nitrogen and oxygen atoms in total. The average molecular weight is 258 g/mol. The maximum atomic E-state index is 11.5. The molecule has 1 atom stereocenters. The Kier molecular flexibility index (Phi) is 4.70. The van der Waals surface area contributed by atoms with Gasteiger partial charge in [0.1, 0.15) is 5.35 Å². The molecule has 0 aromatic rings. The summed E-state index contributed by atoms with van der Waals surface area (Å²) in [7, 11) is 0.676. The lowest BCUT2D eigenvalue weighted by molar-refractivity contribution is -0.144. The van der Waals surface area contributed by atoms with Gasteiger partial charge in [0.05, 0.1) is 10.2 Å². The van der Waals surface area contributed by atoms with Crippen molar-refractivity contribution in [2.45, 2.75) is 31.5 Å². The van der Waals surface area contributed by atoms with Gasteiger partial charge in [0.2, 0.25) is 0 Å². The van der Waals surface area contributed by atoms with E-state index >= 15 is 0 Å². The second kappa shape index (κ2) is 5.83. The first-order valence-corrected chi connectivity index (χ1v) is 6.52. The topological polar surface area (TPSA) is 76.7 Å². The van der Waals surface area contributed by atoms with Crippen molar-refractivity contribution in [2.24, 2.45) is 0 Å². The predicted molar refractivity (Wildman–Crippen MR) is 65.0 cm³/mol. The Morgan fingerprint density at radius 2 is 2.18 bits per heavy atom. The number of nitrogens with one attached hydrogen (secondary N) is 2. The Bertz CT molecular complexity index is 326. The van der Waals surface area contributed by atoms with Crippen molar-refractivity contribution in [3.63, 3.8) is 0 Å². The number of hydrogen-bond donors (Lipinski definition) is 2. The molecule has 1 aliphatic rings. The zero-order valence-electron chi connectivity index (χ0n) is 10.2. The lowest BCUT2D eigenvalue weighted by Crippen LogP contribution is -2.56. The second-order valence-electron chi connectivity index (χ2n) is 4.26. The van der Waals surface area contributed by atoms with Crippen molar-refractivity contribution >= 4 is 22.2 Å². The minimum Gasteiger partial charge on any atom is -0.360 e. The highest BCUT2D eigenvalue weighted by molar-refractivity contribution is 6.15. The average Bonchev–Trinajstić information content (AvgIpc) is 2.26. The van der Waals surface area contributed by atoms with Crippen LogP contribution in [0.1, 0.15) is 26.2 Å². The maximum Gasteiger partial charge on any atom is 0.358 e. The van der Waals surface area contributed by atoms with E-state index in [4.69, 9.17) is 4.74 Å². The highest BCUT2D eigenvalue weighted by Crippen LogP contribution is 2.18. The summed E-state index contributed by atoms with van der Waals surface area (Å²) in [6.45, 7) is 5.55. The van der Waals surface area contributed by atoms with E-state index in [0.717, 1.165) is 19.3 Å². The summed E-state index contributed by atoms with van der Waals surface area (Å²) in [5.41, 5.74) is 2.24. The minimum atomic E-state index is -0.660. The number of amides is 2. The number of hydrogen-bond acceptors (Lipinski definition) is 4. The summed E-state index contributed by atoms with van der Waals surface area (Å²) >= 11 is 0. The summed E-state index contributed by atoms with van der Waals surface area (Å²) in [4.78, 5) is 27.0. The van der Waals surface area contributed by atoms with Crippen LogP contribution in [-0.4, -0.2) is 34.2 Å². The number of ether oxygens (including phenoxy) is 1. The highest BCUT2D eigenvalue weighted by Gasteiger charge is 2.29. The second-order valence-corrected chi connectivity index (χ2v) is 5.88. The Morgan fingerprint density at radius 1 is 1.47 bits per heavy atom. The quantitative estimate of drug-likeness (QED) is 0.399. The lowest BCUT2D eigenvalue weighted by atomic mass is 10.2. The molecular weight excluding hydrogens is 240 g/mol. The maximum absolute atomic E-state index is 11.5. The van der Waals surface area contributed by atoms with Gasteiger partial charge in [0.15, 0.2) is 0 Å². The monoisotopic (exact) mass is 258 g/mol. The van der Waals surface area contributed by atoms with E-state index in [0.29, 0.717) is 16.8 Å². The van der Waals surface area contributed by atoms with Crippen LogP contribution in [-0.2, 0) is 14.4 Å². The van der Waals surface area contributed by atoms with E-state index in [1.165, 1.54) is 6.92 Å². The first kappa shape index (κ1) is 13.7. The Hall–Kier alpha value is -1.34. The van der Waals surface area contributed by atoms with E-state index in [1.54, 1.807) is 0 Å². The van der Waals surface area contributed by atoms with Gasteiger partial charge < -0.3 is 14.9 Å². The van der Waals surface area contributed by atoms with Crippen molar-refractivity contribution < 1.29 is 19.2 Å². The molecule has 0 aliphatic carbocycles. The van der Waals surface area contributed by atoms with Gasteiger partial charge in [-0.1, -0.05) is 6.58 Å². The van der Waals surface area contributed by atoms with Gasteiger partial charge in [0, 0.05) is 12.2 Å². The molecule has 96 valence electrons. The molecule has 1 aliphatic heterocycles.